The van der Waals surface area contributed by atoms with E-state index in [1.54, 1.807) is 17.0 Å². The number of anilines is 1. The summed E-state index contributed by atoms with van der Waals surface area (Å²) in [5, 5.41) is 8.08. The van der Waals surface area contributed by atoms with Gasteiger partial charge in [0.15, 0.2) is 5.11 Å². The van der Waals surface area contributed by atoms with Crippen LogP contribution in [0.3, 0.4) is 0 Å². The van der Waals surface area contributed by atoms with E-state index in [0.29, 0.717) is 16.8 Å². The Kier molecular flexibility index (Phi) is 7.06. The van der Waals surface area contributed by atoms with Gasteiger partial charge in [-0.25, -0.2) is 4.98 Å². The molecule has 4 aromatic carbocycles. The molecule has 0 unspecified atom stereocenters. The number of hydrazone groups is 1. The second kappa shape index (κ2) is 10.5. The van der Waals surface area contributed by atoms with Crippen molar-refractivity contribution in [1.82, 2.24) is 15.0 Å². The zero-order chi connectivity index (χ0) is 28.5. The minimum atomic E-state index is -4.77. The van der Waals surface area contributed by atoms with Crippen LogP contribution in [0.1, 0.15) is 11.1 Å². The molecule has 0 aliphatic rings. The van der Waals surface area contributed by atoms with E-state index in [1.807, 2.05) is 24.3 Å². The number of halogens is 6. The summed E-state index contributed by atoms with van der Waals surface area (Å²) in [6.45, 7) is 0. The standard InChI is InChI=1S/C27H17F6N5OS/c28-26(29,30)21-3-1-2-4-22(21)36-25(40)37-35-14-16-5-11-20-17(13-16)6-12-23-24(20)34-15-38(23)18-7-9-19(10-8-18)39-27(31,32)33/h1-15H,(H2,36,37,40)/b35-14+. The molecule has 1 aromatic heterocycles. The third-order valence-corrected chi connectivity index (χ3v) is 5.96. The van der Waals surface area contributed by atoms with Gasteiger partial charge < -0.3 is 10.1 Å². The highest BCUT2D eigenvalue weighted by Crippen LogP contribution is 2.34. The maximum Gasteiger partial charge on any atom is 0.573 e. The fourth-order valence-electron chi connectivity index (χ4n) is 4.08. The van der Waals surface area contributed by atoms with Crippen LogP contribution in [0.25, 0.3) is 27.5 Å². The largest absolute Gasteiger partial charge is 0.573 e. The van der Waals surface area contributed by atoms with Crippen molar-refractivity contribution in [2.24, 2.45) is 5.10 Å². The Balaban J connectivity index is 1.31. The Morgan fingerprint density at radius 1 is 0.925 bits per heavy atom. The lowest BCUT2D eigenvalue weighted by atomic mass is 10.1. The topological polar surface area (TPSA) is 63.5 Å². The van der Waals surface area contributed by atoms with Gasteiger partial charge in [0, 0.05) is 11.1 Å². The molecule has 0 fully saturated rings. The summed E-state index contributed by atoms with van der Waals surface area (Å²) in [4.78, 5) is 4.48. The van der Waals surface area contributed by atoms with Crippen molar-refractivity contribution in [3.05, 3.63) is 96.3 Å². The SMILES string of the molecule is FC(F)(F)Oc1ccc(-n2cnc3c4ccc(/C=N/NC(=S)Nc5ccccc5C(F)(F)F)cc4ccc32)cc1. The molecule has 204 valence electrons. The first-order valence-electron chi connectivity index (χ1n) is 11.5. The smallest absolute Gasteiger partial charge is 0.406 e. The molecule has 0 saturated carbocycles. The van der Waals surface area contributed by atoms with Crippen LogP contribution < -0.4 is 15.5 Å². The van der Waals surface area contributed by atoms with Gasteiger partial charge in [0.05, 0.1) is 28.5 Å². The van der Waals surface area contributed by atoms with Crippen molar-refractivity contribution in [3.8, 4) is 11.4 Å². The molecule has 0 amide bonds. The second-order valence-electron chi connectivity index (χ2n) is 8.44. The third-order valence-electron chi connectivity index (χ3n) is 5.76. The van der Waals surface area contributed by atoms with Crippen molar-refractivity contribution in [1.29, 1.82) is 0 Å². The second-order valence-corrected chi connectivity index (χ2v) is 8.85. The summed E-state index contributed by atoms with van der Waals surface area (Å²) in [5.41, 5.74) is 4.20. The van der Waals surface area contributed by atoms with Crippen molar-refractivity contribution in [2.45, 2.75) is 12.5 Å². The fraction of sp³-hybridized carbons (Fsp3) is 0.0741. The number of nitrogens with zero attached hydrogens (tertiary/aromatic N) is 3. The minimum Gasteiger partial charge on any atom is -0.406 e. The molecule has 0 radical (unpaired) electrons. The summed E-state index contributed by atoms with van der Waals surface area (Å²) in [7, 11) is 0. The van der Waals surface area contributed by atoms with Crippen molar-refractivity contribution in [2.75, 3.05) is 5.32 Å². The van der Waals surface area contributed by atoms with Crippen LogP contribution in [0.2, 0.25) is 0 Å². The molecule has 0 bridgehead atoms. The van der Waals surface area contributed by atoms with E-state index in [1.165, 1.54) is 48.7 Å². The molecule has 0 atom stereocenters. The lowest BCUT2D eigenvalue weighted by molar-refractivity contribution is -0.274. The Hall–Kier alpha value is -4.65. The predicted molar refractivity (Wildman–Crippen MR) is 144 cm³/mol. The number of nitrogens with one attached hydrogen (secondary N) is 2. The minimum absolute atomic E-state index is 0.112. The van der Waals surface area contributed by atoms with E-state index in [0.717, 1.165) is 22.4 Å². The summed E-state index contributed by atoms with van der Waals surface area (Å²) >= 11 is 5.07. The number of imidazole rings is 1. The number of hydrogen-bond donors (Lipinski definition) is 2. The van der Waals surface area contributed by atoms with Crippen LogP contribution in [0, 0.1) is 0 Å². The number of thiocarbonyl (C=S) groups is 1. The number of alkyl halides is 6. The van der Waals surface area contributed by atoms with Gasteiger partial charge in [0.1, 0.15) is 12.1 Å². The van der Waals surface area contributed by atoms with E-state index in [-0.39, 0.29) is 16.5 Å². The van der Waals surface area contributed by atoms with Crippen LogP contribution in [-0.2, 0) is 6.18 Å². The predicted octanol–water partition coefficient (Wildman–Crippen LogP) is 7.42. The fourth-order valence-corrected chi connectivity index (χ4v) is 4.24. The van der Waals surface area contributed by atoms with Gasteiger partial charge in [-0.1, -0.05) is 30.3 Å². The van der Waals surface area contributed by atoms with E-state index >= 15 is 0 Å². The Bertz CT molecular complexity index is 1730. The molecule has 40 heavy (non-hydrogen) atoms. The van der Waals surface area contributed by atoms with Gasteiger partial charge in [-0.3, -0.25) is 9.99 Å². The van der Waals surface area contributed by atoms with Gasteiger partial charge in [0.2, 0.25) is 0 Å². The molecule has 2 N–H and O–H groups in total. The van der Waals surface area contributed by atoms with Crippen LogP contribution in [0.4, 0.5) is 32.0 Å². The van der Waals surface area contributed by atoms with E-state index in [9.17, 15) is 26.3 Å². The highest BCUT2D eigenvalue weighted by atomic mass is 32.1. The van der Waals surface area contributed by atoms with Gasteiger partial charge in [-0.15, -0.1) is 13.2 Å². The summed E-state index contributed by atoms with van der Waals surface area (Å²) in [6, 6.07) is 19.6. The van der Waals surface area contributed by atoms with E-state index < -0.39 is 18.1 Å². The number of benzene rings is 4. The first kappa shape index (κ1) is 26.9. The van der Waals surface area contributed by atoms with Gasteiger partial charge >= 0.3 is 12.5 Å². The Morgan fingerprint density at radius 3 is 2.40 bits per heavy atom. The zero-order valence-corrected chi connectivity index (χ0v) is 20.9. The molecule has 0 spiro atoms. The van der Waals surface area contributed by atoms with Gasteiger partial charge in [-0.2, -0.15) is 18.3 Å². The average Bonchev–Trinajstić information content (AvgIpc) is 3.32. The normalized spacial score (nSPS) is 12.2. The monoisotopic (exact) mass is 573 g/mol. The molecular weight excluding hydrogens is 556 g/mol. The number of hydrogen-bond acceptors (Lipinski definition) is 4. The lowest BCUT2D eigenvalue weighted by Crippen LogP contribution is -2.25. The maximum atomic E-state index is 13.2. The summed E-state index contributed by atoms with van der Waals surface area (Å²) in [5.74, 6) is -0.322. The van der Waals surface area contributed by atoms with Crippen molar-refractivity contribution < 1.29 is 31.1 Å². The quantitative estimate of drug-likeness (QED) is 0.0992. The number of fused-ring (bicyclic) bond motifs is 3. The Morgan fingerprint density at radius 2 is 1.68 bits per heavy atom. The molecule has 5 aromatic rings. The number of ether oxygens (including phenoxy) is 1. The van der Waals surface area contributed by atoms with Gasteiger partial charge in [0.25, 0.3) is 0 Å². The molecule has 13 heteroatoms. The van der Waals surface area contributed by atoms with Crippen LogP contribution in [0.15, 0.2) is 90.3 Å². The molecule has 6 nitrogen and oxygen atoms in total. The molecule has 0 aliphatic carbocycles. The van der Waals surface area contributed by atoms with Crippen LogP contribution >= 0.6 is 12.2 Å². The first-order valence-corrected chi connectivity index (χ1v) is 11.9. The van der Waals surface area contributed by atoms with Crippen molar-refractivity contribution in [3.63, 3.8) is 0 Å². The lowest BCUT2D eigenvalue weighted by Gasteiger charge is -2.14. The number of para-hydroxylation sites is 1. The van der Waals surface area contributed by atoms with E-state index in [2.05, 4.69) is 25.6 Å². The van der Waals surface area contributed by atoms with Crippen LogP contribution in [0.5, 0.6) is 5.75 Å². The average molecular weight is 574 g/mol. The molecular formula is C27H17F6N5OS. The highest BCUT2D eigenvalue weighted by molar-refractivity contribution is 7.80. The summed E-state index contributed by atoms with van der Waals surface area (Å²) < 4.78 is 82.5. The van der Waals surface area contributed by atoms with Crippen LogP contribution in [-0.4, -0.2) is 27.2 Å². The molecule has 0 aliphatic heterocycles. The van der Waals surface area contributed by atoms with Gasteiger partial charge in [-0.05, 0) is 71.7 Å². The highest BCUT2D eigenvalue weighted by Gasteiger charge is 2.33. The van der Waals surface area contributed by atoms with Crippen molar-refractivity contribution >= 4 is 51.0 Å². The maximum absolute atomic E-state index is 13.2. The molecule has 0 saturated heterocycles. The Labute approximate surface area is 227 Å². The zero-order valence-electron chi connectivity index (χ0n) is 20.1. The first-order chi connectivity index (χ1) is 19.0. The number of aromatic nitrogens is 2. The number of rotatable bonds is 5. The molecule has 5 rings (SSSR count). The van der Waals surface area contributed by atoms with E-state index in [4.69, 9.17) is 12.2 Å². The summed E-state index contributed by atoms with van der Waals surface area (Å²) in [6.07, 6.45) is -6.26. The third kappa shape index (κ3) is 5.99. The molecule has 1 heterocycles.